The van der Waals surface area contributed by atoms with Gasteiger partial charge in [-0.15, -0.1) is 0 Å². The second-order valence-corrected chi connectivity index (χ2v) is 7.87. The van der Waals surface area contributed by atoms with Gasteiger partial charge in [-0.1, -0.05) is 30.3 Å². The van der Waals surface area contributed by atoms with Crippen LogP contribution in [-0.4, -0.2) is 23.8 Å². The van der Waals surface area contributed by atoms with Crippen molar-refractivity contribution >= 4 is 6.09 Å². The van der Waals surface area contributed by atoms with E-state index in [9.17, 15) is 4.79 Å². The Labute approximate surface area is 139 Å². The quantitative estimate of drug-likeness (QED) is 0.894. The summed E-state index contributed by atoms with van der Waals surface area (Å²) in [7, 11) is 0. The van der Waals surface area contributed by atoms with Crippen LogP contribution in [-0.2, 0) is 11.3 Å². The first kappa shape index (κ1) is 16.3. The molecule has 4 heteroatoms. The zero-order valence-electron chi connectivity index (χ0n) is 14.3. The average molecular weight is 316 g/mol. The number of benzene rings is 1. The Bertz CT molecular complexity index is 538. The average Bonchev–Trinajstić information content (AvgIpc) is 3.26. The molecule has 2 aliphatic carbocycles. The van der Waals surface area contributed by atoms with Crippen molar-refractivity contribution in [3.8, 4) is 0 Å². The Morgan fingerprint density at radius 2 is 1.78 bits per heavy atom. The van der Waals surface area contributed by atoms with Crippen LogP contribution in [0.15, 0.2) is 30.3 Å². The molecule has 0 heterocycles. The monoisotopic (exact) mass is 316 g/mol. The number of alkyl carbamates (subject to hydrolysis) is 1. The fourth-order valence-electron chi connectivity index (χ4n) is 3.68. The van der Waals surface area contributed by atoms with Crippen molar-refractivity contribution in [3.63, 3.8) is 0 Å². The molecule has 0 spiro atoms. The molecule has 2 fully saturated rings. The van der Waals surface area contributed by atoms with Crippen LogP contribution in [0.2, 0.25) is 0 Å². The van der Waals surface area contributed by atoms with Gasteiger partial charge in [-0.2, -0.15) is 0 Å². The molecule has 1 aromatic carbocycles. The van der Waals surface area contributed by atoms with Crippen LogP contribution in [0.25, 0.3) is 0 Å². The van der Waals surface area contributed by atoms with Crippen molar-refractivity contribution in [2.24, 2.45) is 11.8 Å². The molecule has 1 aromatic rings. The first-order chi connectivity index (χ1) is 10.9. The van der Waals surface area contributed by atoms with E-state index < -0.39 is 5.60 Å². The van der Waals surface area contributed by atoms with Gasteiger partial charge in [0, 0.05) is 18.6 Å². The first-order valence-corrected chi connectivity index (χ1v) is 8.69. The molecular formula is C19H28N2O2. The van der Waals surface area contributed by atoms with E-state index in [-0.39, 0.29) is 12.1 Å². The number of hydrogen-bond donors (Lipinski definition) is 2. The molecule has 1 unspecified atom stereocenters. The number of rotatable bonds is 4. The van der Waals surface area contributed by atoms with Gasteiger partial charge in [-0.25, -0.2) is 4.79 Å². The minimum atomic E-state index is -0.429. The van der Waals surface area contributed by atoms with Gasteiger partial charge in [-0.3, -0.25) is 0 Å². The van der Waals surface area contributed by atoms with Crippen molar-refractivity contribution in [2.75, 3.05) is 0 Å². The van der Waals surface area contributed by atoms with E-state index in [0.29, 0.717) is 17.9 Å². The maximum Gasteiger partial charge on any atom is 0.407 e. The molecule has 126 valence electrons. The SMILES string of the molecule is CC(C)(C)OC(=O)N[C@H]1CCC(NCc2ccccc2)[C@@H]2C[C@H]12. The molecule has 0 saturated heterocycles. The lowest BCUT2D eigenvalue weighted by atomic mass is 9.91. The van der Waals surface area contributed by atoms with Gasteiger partial charge in [0.1, 0.15) is 5.60 Å². The number of amides is 1. The van der Waals surface area contributed by atoms with E-state index >= 15 is 0 Å². The summed E-state index contributed by atoms with van der Waals surface area (Å²) in [6.07, 6.45) is 3.10. The third-order valence-corrected chi connectivity index (χ3v) is 4.83. The van der Waals surface area contributed by atoms with Crippen LogP contribution >= 0.6 is 0 Å². The summed E-state index contributed by atoms with van der Waals surface area (Å²) in [6.45, 7) is 6.63. The van der Waals surface area contributed by atoms with Crippen LogP contribution in [0.1, 0.15) is 45.6 Å². The smallest absolute Gasteiger partial charge is 0.407 e. The lowest BCUT2D eigenvalue weighted by Gasteiger charge is -2.30. The van der Waals surface area contributed by atoms with Crippen molar-refractivity contribution in [3.05, 3.63) is 35.9 Å². The molecule has 4 atom stereocenters. The molecule has 2 aliphatic rings. The van der Waals surface area contributed by atoms with E-state index in [4.69, 9.17) is 4.74 Å². The summed E-state index contributed by atoms with van der Waals surface area (Å²) in [5.41, 5.74) is 0.903. The Morgan fingerprint density at radius 3 is 2.48 bits per heavy atom. The van der Waals surface area contributed by atoms with Crippen LogP contribution in [0.5, 0.6) is 0 Å². The molecule has 0 radical (unpaired) electrons. The molecule has 1 amide bonds. The number of carbonyl (C=O) groups excluding carboxylic acids is 1. The van der Waals surface area contributed by atoms with Gasteiger partial charge in [0.15, 0.2) is 0 Å². The first-order valence-electron chi connectivity index (χ1n) is 8.69. The lowest BCUT2D eigenvalue weighted by Crippen LogP contribution is -2.45. The van der Waals surface area contributed by atoms with E-state index in [1.54, 1.807) is 0 Å². The number of carbonyl (C=O) groups is 1. The highest BCUT2D eigenvalue weighted by atomic mass is 16.6. The number of fused-ring (bicyclic) bond motifs is 1. The summed E-state index contributed by atoms with van der Waals surface area (Å²) in [4.78, 5) is 11.9. The van der Waals surface area contributed by atoms with Crippen LogP contribution in [0.4, 0.5) is 4.79 Å². The van der Waals surface area contributed by atoms with Gasteiger partial charge >= 0.3 is 6.09 Å². The predicted octanol–water partition coefficient (Wildman–Crippen LogP) is 3.47. The largest absolute Gasteiger partial charge is 0.444 e. The molecule has 2 saturated carbocycles. The Morgan fingerprint density at radius 1 is 1.13 bits per heavy atom. The zero-order chi connectivity index (χ0) is 16.4. The lowest BCUT2D eigenvalue weighted by molar-refractivity contribution is 0.0484. The van der Waals surface area contributed by atoms with Crippen molar-refractivity contribution in [1.82, 2.24) is 10.6 Å². The summed E-state index contributed by atoms with van der Waals surface area (Å²) >= 11 is 0. The zero-order valence-corrected chi connectivity index (χ0v) is 14.3. The van der Waals surface area contributed by atoms with Crippen LogP contribution < -0.4 is 10.6 Å². The van der Waals surface area contributed by atoms with Gasteiger partial charge < -0.3 is 15.4 Å². The van der Waals surface area contributed by atoms with Crippen molar-refractivity contribution in [1.29, 1.82) is 0 Å². The van der Waals surface area contributed by atoms with Crippen molar-refractivity contribution < 1.29 is 9.53 Å². The molecule has 0 aromatic heterocycles. The van der Waals surface area contributed by atoms with E-state index in [2.05, 4.69) is 34.9 Å². The van der Waals surface area contributed by atoms with Gasteiger partial charge in [-0.05, 0) is 57.4 Å². The maximum atomic E-state index is 11.9. The number of ether oxygens (including phenoxy) is 1. The summed E-state index contributed by atoms with van der Waals surface area (Å²) in [6, 6.07) is 11.4. The maximum absolute atomic E-state index is 11.9. The number of hydrogen-bond acceptors (Lipinski definition) is 3. The third kappa shape index (κ3) is 4.47. The normalized spacial score (nSPS) is 29.5. The minimum Gasteiger partial charge on any atom is -0.444 e. The van der Waals surface area contributed by atoms with E-state index in [1.165, 1.54) is 12.0 Å². The van der Waals surface area contributed by atoms with E-state index in [1.807, 2.05) is 26.8 Å². The van der Waals surface area contributed by atoms with Crippen LogP contribution in [0, 0.1) is 11.8 Å². The molecular weight excluding hydrogens is 288 g/mol. The molecule has 0 bridgehead atoms. The highest BCUT2D eigenvalue weighted by Gasteiger charge is 2.51. The summed E-state index contributed by atoms with van der Waals surface area (Å²) in [5, 5.41) is 6.77. The Kier molecular flexibility index (Phi) is 4.62. The van der Waals surface area contributed by atoms with E-state index in [0.717, 1.165) is 19.4 Å². The fourth-order valence-corrected chi connectivity index (χ4v) is 3.68. The third-order valence-electron chi connectivity index (χ3n) is 4.83. The summed E-state index contributed by atoms with van der Waals surface area (Å²) < 4.78 is 5.37. The van der Waals surface area contributed by atoms with Gasteiger partial charge in [0.25, 0.3) is 0 Å². The highest BCUT2D eigenvalue weighted by Crippen LogP contribution is 2.49. The molecule has 3 rings (SSSR count). The highest BCUT2D eigenvalue weighted by molar-refractivity contribution is 5.68. The Hall–Kier alpha value is -1.55. The Balaban J connectivity index is 1.44. The predicted molar refractivity (Wildman–Crippen MR) is 91.1 cm³/mol. The topological polar surface area (TPSA) is 50.4 Å². The minimum absolute atomic E-state index is 0.274. The van der Waals surface area contributed by atoms with Crippen molar-refractivity contribution in [2.45, 2.75) is 64.3 Å². The number of nitrogens with one attached hydrogen (secondary N) is 2. The molecule has 2 N–H and O–H groups in total. The second kappa shape index (κ2) is 6.52. The second-order valence-electron chi connectivity index (χ2n) is 7.87. The molecule has 4 nitrogen and oxygen atoms in total. The fraction of sp³-hybridized carbons (Fsp3) is 0.632. The standard InChI is InChI=1S/C19H28N2O2/c1-19(2,3)23-18(22)21-17-10-9-16(14-11-15(14)17)20-12-13-7-5-4-6-8-13/h4-8,14-17,20H,9-12H2,1-3H3,(H,21,22)/t14-,15+,16?,17+/m1/s1. The summed E-state index contributed by atoms with van der Waals surface area (Å²) in [5.74, 6) is 1.32. The van der Waals surface area contributed by atoms with Gasteiger partial charge in [0.05, 0.1) is 0 Å². The van der Waals surface area contributed by atoms with Crippen LogP contribution in [0.3, 0.4) is 0 Å². The van der Waals surface area contributed by atoms with Gasteiger partial charge in [0.2, 0.25) is 0 Å². The molecule has 0 aliphatic heterocycles. The molecule has 23 heavy (non-hydrogen) atoms.